The number of sulfonamides is 1. The molecule has 0 saturated carbocycles. The predicted molar refractivity (Wildman–Crippen MR) is 86.8 cm³/mol. The lowest BCUT2D eigenvalue weighted by molar-refractivity contribution is 0.0192. The Labute approximate surface area is 145 Å². The molecule has 25 heavy (non-hydrogen) atoms. The van der Waals surface area contributed by atoms with E-state index in [1.54, 1.807) is 20.8 Å². The lowest BCUT2D eigenvalue weighted by Gasteiger charge is -2.34. The van der Waals surface area contributed by atoms with Gasteiger partial charge in [-0.15, -0.1) is 0 Å². The molecular formula is C14H22N4O6S. The molecule has 0 aromatic carbocycles. The minimum atomic E-state index is -4.03. The van der Waals surface area contributed by atoms with Gasteiger partial charge >= 0.3 is 12.1 Å². The normalized spacial score (nSPS) is 16.7. The Hall–Kier alpha value is -2.14. The van der Waals surface area contributed by atoms with Crippen molar-refractivity contribution in [2.75, 3.05) is 26.2 Å². The average molecular weight is 374 g/mol. The summed E-state index contributed by atoms with van der Waals surface area (Å²) in [6.45, 7) is 7.11. The summed E-state index contributed by atoms with van der Waals surface area (Å²) in [4.78, 5) is 24.3. The number of ether oxygens (including phenoxy) is 1. The molecule has 2 heterocycles. The van der Waals surface area contributed by atoms with Crippen LogP contribution in [0.1, 0.15) is 37.0 Å². The van der Waals surface area contributed by atoms with Crippen LogP contribution in [-0.2, 0) is 14.8 Å². The first-order valence-electron chi connectivity index (χ1n) is 7.70. The van der Waals surface area contributed by atoms with E-state index in [9.17, 15) is 18.0 Å². The second-order valence-corrected chi connectivity index (χ2v) is 8.58. The molecule has 1 aliphatic rings. The number of carbonyl (C=O) groups is 2. The lowest BCUT2D eigenvalue weighted by atomic mass is 10.2. The van der Waals surface area contributed by atoms with Crippen molar-refractivity contribution in [1.29, 1.82) is 0 Å². The van der Waals surface area contributed by atoms with Crippen LogP contribution >= 0.6 is 0 Å². The monoisotopic (exact) mass is 374 g/mol. The van der Waals surface area contributed by atoms with Crippen LogP contribution < -0.4 is 0 Å². The second-order valence-electron chi connectivity index (χ2n) is 6.70. The Morgan fingerprint density at radius 1 is 1.20 bits per heavy atom. The van der Waals surface area contributed by atoms with Crippen LogP contribution in [0, 0.1) is 6.92 Å². The number of aromatic nitrogens is 2. The van der Waals surface area contributed by atoms with E-state index >= 15 is 0 Å². The van der Waals surface area contributed by atoms with E-state index in [1.807, 2.05) is 0 Å². The van der Waals surface area contributed by atoms with Crippen molar-refractivity contribution in [3.8, 4) is 0 Å². The van der Waals surface area contributed by atoms with E-state index < -0.39 is 33.4 Å². The molecule has 140 valence electrons. The van der Waals surface area contributed by atoms with Gasteiger partial charge in [-0.25, -0.2) is 18.0 Å². The molecule has 2 N–H and O–H groups in total. The summed E-state index contributed by atoms with van der Waals surface area (Å²) in [5, 5.41) is 15.1. The number of nitrogens with zero attached hydrogens (tertiary/aromatic N) is 3. The van der Waals surface area contributed by atoms with Crippen molar-refractivity contribution in [1.82, 2.24) is 19.4 Å². The third kappa shape index (κ3) is 4.10. The lowest BCUT2D eigenvalue weighted by Crippen LogP contribution is -2.51. The first kappa shape index (κ1) is 19.2. The van der Waals surface area contributed by atoms with Gasteiger partial charge in [0.25, 0.3) is 0 Å². The number of hydrogen-bond acceptors (Lipinski definition) is 6. The van der Waals surface area contributed by atoms with Crippen LogP contribution in [0.5, 0.6) is 0 Å². The number of nitrogens with one attached hydrogen (secondary N) is 1. The average Bonchev–Trinajstić information content (AvgIpc) is 2.88. The summed E-state index contributed by atoms with van der Waals surface area (Å²) in [6, 6.07) is 0. The number of piperazine rings is 1. The standard InChI is InChI=1S/C14H22N4O6S/c1-9-11(10(12(19)20)16-15-9)25(22,23)18-7-5-17(6-8-18)13(21)24-14(2,3)4/h5-8H2,1-4H3,(H,15,16)(H,19,20). The highest BCUT2D eigenvalue weighted by molar-refractivity contribution is 7.89. The zero-order valence-corrected chi connectivity index (χ0v) is 15.4. The third-order valence-corrected chi connectivity index (χ3v) is 5.64. The molecule has 0 bridgehead atoms. The van der Waals surface area contributed by atoms with Gasteiger partial charge in [-0.3, -0.25) is 5.10 Å². The van der Waals surface area contributed by atoms with E-state index in [-0.39, 0.29) is 36.8 Å². The van der Waals surface area contributed by atoms with Crippen LogP contribution in [0.3, 0.4) is 0 Å². The molecule has 1 saturated heterocycles. The highest BCUT2D eigenvalue weighted by atomic mass is 32.2. The first-order valence-corrected chi connectivity index (χ1v) is 9.14. The van der Waals surface area contributed by atoms with Crippen LogP contribution in [0.25, 0.3) is 0 Å². The fourth-order valence-electron chi connectivity index (χ4n) is 2.45. The van der Waals surface area contributed by atoms with Gasteiger partial charge in [-0.2, -0.15) is 9.40 Å². The maximum absolute atomic E-state index is 12.8. The molecule has 10 nitrogen and oxygen atoms in total. The fourth-order valence-corrected chi connectivity index (χ4v) is 4.16. The summed E-state index contributed by atoms with van der Waals surface area (Å²) < 4.78 is 32.0. The Bertz CT molecular complexity index is 772. The number of amides is 1. The number of aromatic amines is 1. The number of aryl methyl sites for hydroxylation is 1. The topological polar surface area (TPSA) is 133 Å². The van der Waals surface area contributed by atoms with Crippen molar-refractivity contribution in [2.45, 2.75) is 38.2 Å². The van der Waals surface area contributed by atoms with Gasteiger partial charge < -0.3 is 14.7 Å². The molecular weight excluding hydrogens is 352 g/mol. The maximum Gasteiger partial charge on any atom is 0.410 e. The molecule has 1 fully saturated rings. The molecule has 1 aliphatic heterocycles. The minimum Gasteiger partial charge on any atom is -0.476 e. The highest BCUT2D eigenvalue weighted by Crippen LogP contribution is 2.23. The van der Waals surface area contributed by atoms with E-state index in [0.29, 0.717) is 0 Å². The van der Waals surface area contributed by atoms with Gasteiger partial charge in [0.05, 0.1) is 5.69 Å². The predicted octanol–water partition coefficient (Wildman–Crippen LogP) is 0.658. The fraction of sp³-hybridized carbons (Fsp3) is 0.643. The van der Waals surface area contributed by atoms with Crippen LogP contribution in [-0.4, -0.2) is 76.8 Å². The van der Waals surface area contributed by atoms with Crippen molar-refractivity contribution >= 4 is 22.1 Å². The van der Waals surface area contributed by atoms with E-state index in [0.717, 1.165) is 4.31 Å². The molecule has 11 heteroatoms. The number of aromatic carboxylic acids is 1. The molecule has 0 radical (unpaired) electrons. The van der Waals surface area contributed by atoms with Gasteiger partial charge in [-0.05, 0) is 27.7 Å². The Balaban J connectivity index is 2.14. The summed E-state index contributed by atoms with van der Waals surface area (Å²) >= 11 is 0. The third-order valence-electron chi connectivity index (χ3n) is 3.58. The number of rotatable bonds is 3. The largest absolute Gasteiger partial charge is 0.476 e. The molecule has 0 spiro atoms. The first-order chi connectivity index (χ1) is 11.4. The van der Waals surface area contributed by atoms with Crippen molar-refractivity contribution < 1.29 is 27.9 Å². The summed E-state index contributed by atoms with van der Waals surface area (Å²) in [7, 11) is -4.03. The summed E-state index contributed by atoms with van der Waals surface area (Å²) in [5.41, 5.74) is -1.01. The van der Waals surface area contributed by atoms with Crippen LogP contribution in [0.15, 0.2) is 4.90 Å². The minimum absolute atomic E-state index is 0.0469. The van der Waals surface area contributed by atoms with Gasteiger partial charge in [0.15, 0.2) is 5.69 Å². The molecule has 0 unspecified atom stereocenters. The SMILES string of the molecule is Cc1[nH]nc(C(=O)O)c1S(=O)(=O)N1CCN(C(=O)OC(C)(C)C)CC1. The smallest absolute Gasteiger partial charge is 0.410 e. The molecule has 0 aliphatic carbocycles. The van der Waals surface area contributed by atoms with E-state index in [2.05, 4.69) is 10.2 Å². The highest BCUT2D eigenvalue weighted by Gasteiger charge is 2.36. The number of hydrogen-bond donors (Lipinski definition) is 2. The van der Waals surface area contributed by atoms with Crippen LogP contribution in [0.2, 0.25) is 0 Å². The molecule has 1 aromatic rings. The maximum atomic E-state index is 12.8. The number of H-pyrrole nitrogens is 1. The Morgan fingerprint density at radius 2 is 1.76 bits per heavy atom. The van der Waals surface area contributed by atoms with Gasteiger partial charge in [0, 0.05) is 26.2 Å². The van der Waals surface area contributed by atoms with Crippen LogP contribution in [0.4, 0.5) is 4.79 Å². The van der Waals surface area contributed by atoms with Gasteiger partial charge in [-0.1, -0.05) is 0 Å². The van der Waals surface area contributed by atoms with E-state index in [1.165, 1.54) is 11.8 Å². The molecule has 1 aromatic heterocycles. The van der Waals surface area contributed by atoms with Crippen molar-refractivity contribution in [3.05, 3.63) is 11.4 Å². The second kappa shape index (κ2) is 6.64. The van der Waals surface area contributed by atoms with Gasteiger partial charge in [0.1, 0.15) is 10.5 Å². The zero-order chi connectivity index (χ0) is 19.0. The number of carboxylic acids is 1. The zero-order valence-electron chi connectivity index (χ0n) is 14.6. The summed E-state index contributed by atoms with van der Waals surface area (Å²) in [5.74, 6) is -1.42. The molecule has 2 rings (SSSR count). The molecule has 0 atom stereocenters. The van der Waals surface area contributed by atoms with Gasteiger partial charge in [0.2, 0.25) is 10.0 Å². The number of carbonyl (C=O) groups excluding carboxylic acids is 1. The van der Waals surface area contributed by atoms with Crippen molar-refractivity contribution in [3.63, 3.8) is 0 Å². The Kier molecular flexibility index (Phi) is 5.09. The van der Waals surface area contributed by atoms with E-state index in [4.69, 9.17) is 9.84 Å². The molecule has 1 amide bonds. The summed E-state index contributed by atoms with van der Waals surface area (Å²) in [6.07, 6.45) is -0.504. The Morgan fingerprint density at radius 3 is 2.24 bits per heavy atom. The van der Waals surface area contributed by atoms with Crippen molar-refractivity contribution in [2.24, 2.45) is 0 Å². The quantitative estimate of drug-likeness (QED) is 0.794. The number of carboxylic acid groups (broad SMARTS) is 1.